The predicted molar refractivity (Wildman–Crippen MR) is 73.4 cm³/mol. The van der Waals surface area contributed by atoms with Crippen molar-refractivity contribution in [1.29, 1.82) is 0 Å². The number of phenols is 1. The lowest BCUT2D eigenvalue weighted by atomic mass is 10.0. The number of hydrogen-bond donors (Lipinski definition) is 1. The Labute approximate surface area is 114 Å². The van der Waals surface area contributed by atoms with E-state index >= 15 is 0 Å². The molecule has 0 bridgehead atoms. The monoisotopic (exact) mass is 263 g/mol. The first-order valence-corrected chi connectivity index (χ1v) is 6.63. The number of Topliss-reactive ketones (excluding diaryl/α,β-unsaturated/α-hetero) is 1. The van der Waals surface area contributed by atoms with Gasteiger partial charge in [0.2, 0.25) is 0 Å². The van der Waals surface area contributed by atoms with Crippen molar-refractivity contribution in [2.24, 2.45) is 0 Å². The Morgan fingerprint density at radius 3 is 2.84 bits per heavy atom. The number of carbonyl (C=O) groups excluding carboxylic acids is 1. The normalized spacial score (nSPS) is 22.9. The van der Waals surface area contributed by atoms with Crippen molar-refractivity contribution in [2.45, 2.75) is 39.0 Å². The van der Waals surface area contributed by atoms with Gasteiger partial charge in [0.25, 0.3) is 0 Å². The molecule has 2 atom stereocenters. The van der Waals surface area contributed by atoms with Crippen LogP contribution in [0.3, 0.4) is 0 Å². The van der Waals surface area contributed by atoms with Gasteiger partial charge in [-0.2, -0.15) is 0 Å². The summed E-state index contributed by atoms with van der Waals surface area (Å²) in [5.41, 5.74) is 1.42. The maximum atomic E-state index is 11.4. The molecule has 1 saturated heterocycles. The van der Waals surface area contributed by atoms with Crippen molar-refractivity contribution in [3.8, 4) is 5.75 Å². The van der Waals surface area contributed by atoms with E-state index in [2.05, 4.69) is 11.8 Å². The number of ether oxygens (including phenoxy) is 1. The van der Waals surface area contributed by atoms with Crippen LogP contribution in [-0.2, 0) is 11.3 Å². The first kappa shape index (κ1) is 14.0. The fourth-order valence-electron chi connectivity index (χ4n) is 2.62. The van der Waals surface area contributed by atoms with Gasteiger partial charge in [0, 0.05) is 30.3 Å². The molecule has 0 aliphatic carbocycles. The van der Waals surface area contributed by atoms with E-state index in [9.17, 15) is 9.90 Å². The highest BCUT2D eigenvalue weighted by molar-refractivity contribution is 5.94. The third kappa shape index (κ3) is 3.14. The molecule has 2 rings (SSSR count). The zero-order chi connectivity index (χ0) is 14.0. The number of ketones is 1. The van der Waals surface area contributed by atoms with Gasteiger partial charge in [-0.25, -0.2) is 0 Å². The minimum atomic E-state index is 0.0153. The van der Waals surface area contributed by atoms with Crippen LogP contribution in [0.1, 0.15) is 36.2 Å². The highest BCUT2D eigenvalue weighted by Crippen LogP contribution is 2.24. The summed E-state index contributed by atoms with van der Waals surface area (Å²) < 4.78 is 5.56. The lowest BCUT2D eigenvalue weighted by molar-refractivity contribution is 0.0811. The quantitative estimate of drug-likeness (QED) is 0.846. The number of rotatable bonds is 4. The summed E-state index contributed by atoms with van der Waals surface area (Å²) in [7, 11) is 2.02. The van der Waals surface area contributed by atoms with Gasteiger partial charge >= 0.3 is 0 Å². The molecular weight excluding hydrogens is 242 g/mol. The van der Waals surface area contributed by atoms with Crippen molar-refractivity contribution in [3.05, 3.63) is 29.3 Å². The standard InChI is InChI=1S/C15H21NO3/c1-10(17)12-4-5-15(18)13(8-12)9-16(3)14-6-7-19-11(14)2/h4-5,8,11,14,18H,6-7,9H2,1-3H3. The Balaban J connectivity index is 2.13. The molecule has 0 radical (unpaired) electrons. The average Bonchev–Trinajstić information content (AvgIpc) is 2.78. The molecule has 0 amide bonds. The fourth-order valence-corrected chi connectivity index (χ4v) is 2.62. The average molecular weight is 263 g/mol. The van der Waals surface area contributed by atoms with E-state index in [0.29, 0.717) is 18.2 Å². The van der Waals surface area contributed by atoms with Gasteiger partial charge in [-0.05, 0) is 45.5 Å². The van der Waals surface area contributed by atoms with Gasteiger partial charge in [-0.1, -0.05) is 0 Å². The van der Waals surface area contributed by atoms with E-state index in [1.54, 1.807) is 18.2 Å². The molecule has 1 aliphatic rings. The van der Waals surface area contributed by atoms with Crippen molar-refractivity contribution < 1.29 is 14.6 Å². The third-order valence-corrected chi connectivity index (χ3v) is 3.81. The molecule has 19 heavy (non-hydrogen) atoms. The number of carbonyl (C=O) groups is 1. The highest BCUT2D eigenvalue weighted by atomic mass is 16.5. The van der Waals surface area contributed by atoms with Crippen LogP contribution in [0.15, 0.2) is 18.2 Å². The first-order chi connectivity index (χ1) is 8.99. The van der Waals surface area contributed by atoms with Crippen LogP contribution < -0.4 is 0 Å². The van der Waals surface area contributed by atoms with Crippen LogP contribution >= 0.6 is 0 Å². The smallest absolute Gasteiger partial charge is 0.159 e. The van der Waals surface area contributed by atoms with Crippen LogP contribution in [0, 0.1) is 0 Å². The lowest BCUT2D eigenvalue weighted by Crippen LogP contribution is -2.36. The van der Waals surface area contributed by atoms with Crippen LogP contribution in [0.2, 0.25) is 0 Å². The molecule has 0 saturated carbocycles. The number of benzene rings is 1. The molecular formula is C15H21NO3. The number of likely N-dealkylation sites (N-methyl/N-ethyl adjacent to an activating group) is 1. The Kier molecular flexibility index (Phi) is 4.22. The molecule has 1 fully saturated rings. The van der Waals surface area contributed by atoms with E-state index in [1.165, 1.54) is 6.92 Å². The van der Waals surface area contributed by atoms with Crippen LogP contribution in [-0.4, -0.2) is 41.6 Å². The zero-order valence-electron chi connectivity index (χ0n) is 11.7. The minimum absolute atomic E-state index is 0.0153. The van der Waals surface area contributed by atoms with Crippen LogP contribution in [0.4, 0.5) is 0 Å². The van der Waals surface area contributed by atoms with E-state index in [0.717, 1.165) is 18.6 Å². The summed E-state index contributed by atoms with van der Waals surface area (Å²) >= 11 is 0. The van der Waals surface area contributed by atoms with E-state index < -0.39 is 0 Å². The molecule has 1 aromatic rings. The van der Waals surface area contributed by atoms with Gasteiger partial charge < -0.3 is 9.84 Å². The van der Waals surface area contributed by atoms with Gasteiger partial charge in [-0.15, -0.1) is 0 Å². The largest absolute Gasteiger partial charge is 0.508 e. The predicted octanol–water partition coefficient (Wildman–Crippen LogP) is 2.20. The number of nitrogens with zero attached hydrogens (tertiary/aromatic N) is 1. The molecule has 1 N–H and O–H groups in total. The van der Waals surface area contributed by atoms with Gasteiger partial charge in [-0.3, -0.25) is 9.69 Å². The Bertz CT molecular complexity index is 472. The molecule has 4 nitrogen and oxygen atoms in total. The molecule has 1 aromatic carbocycles. The molecule has 104 valence electrons. The summed E-state index contributed by atoms with van der Waals surface area (Å²) in [4.78, 5) is 13.6. The summed E-state index contributed by atoms with van der Waals surface area (Å²) in [5.74, 6) is 0.255. The molecule has 1 aliphatic heterocycles. The molecule has 0 aromatic heterocycles. The molecule has 0 spiro atoms. The summed E-state index contributed by atoms with van der Waals surface area (Å²) in [6, 6.07) is 5.38. The number of phenolic OH excluding ortho intramolecular Hbond substituents is 1. The Morgan fingerprint density at radius 1 is 1.53 bits per heavy atom. The topological polar surface area (TPSA) is 49.8 Å². The van der Waals surface area contributed by atoms with Crippen molar-refractivity contribution in [1.82, 2.24) is 4.90 Å². The maximum absolute atomic E-state index is 11.4. The Morgan fingerprint density at radius 2 is 2.26 bits per heavy atom. The van der Waals surface area contributed by atoms with Crippen molar-refractivity contribution in [3.63, 3.8) is 0 Å². The summed E-state index contributed by atoms with van der Waals surface area (Å²) in [6.45, 7) is 5.01. The summed E-state index contributed by atoms with van der Waals surface area (Å²) in [6.07, 6.45) is 1.22. The second-order valence-corrected chi connectivity index (χ2v) is 5.25. The number of hydrogen-bond acceptors (Lipinski definition) is 4. The van der Waals surface area contributed by atoms with Crippen molar-refractivity contribution in [2.75, 3.05) is 13.7 Å². The minimum Gasteiger partial charge on any atom is -0.508 e. The second-order valence-electron chi connectivity index (χ2n) is 5.25. The van der Waals surface area contributed by atoms with E-state index in [4.69, 9.17) is 4.74 Å². The second kappa shape index (κ2) is 5.72. The van der Waals surface area contributed by atoms with Crippen LogP contribution in [0.5, 0.6) is 5.75 Å². The molecule has 1 heterocycles. The van der Waals surface area contributed by atoms with Gasteiger partial charge in [0.1, 0.15) is 5.75 Å². The van der Waals surface area contributed by atoms with Crippen molar-refractivity contribution >= 4 is 5.78 Å². The van der Waals surface area contributed by atoms with Gasteiger partial charge in [0.05, 0.1) is 6.10 Å². The van der Waals surface area contributed by atoms with E-state index in [-0.39, 0.29) is 17.6 Å². The highest BCUT2D eigenvalue weighted by Gasteiger charge is 2.28. The molecule has 2 unspecified atom stereocenters. The Hall–Kier alpha value is -1.39. The van der Waals surface area contributed by atoms with Crippen LogP contribution in [0.25, 0.3) is 0 Å². The SMILES string of the molecule is CC(=O)c1ccc(O)c(CN(C)C2CCOC2C)c1. The number of aromatic hydroxyl groups is 1. The lowest BCUT2D eigenvalue weighted by Gasteiger charge is -2.26. The fraction of sp³-hybridized carbons (Fsp3) is 0.533. The van der Waals surface area contributed by atoms with E-state index in [1.807, 2.05) is 7.05 Å². The third-order valence-electron chi connectivity index (χ3n) is 3.81. The molecule has 4 heteroatoms. The van der Waals surface area contributed by atoms with Gasteiger partial charge in [0.15, 0.2) is 5.78 Å². The zero-order valence-corrected chi connectivity index (χ0v) is 11.7. The summed E-state index contributed by atoms with van der Waals surface area (Å²) in [5, 5.41) is 9.91. The maximum Gasteiger partial charge on any atom is 0.159 e. The first-order valence-electron chi connectivity index (χ1n) is 6.63.